The molecule has 126 valence electrons. The zero-order chi connectivity index (χ0) is 16.0. The van der Waals surface area contributed by atoms with Crippen molar-refractivity contribution in [2.75, 3.05) is 26.2 Å². The first-order valence-electron chi connectivity index (χ1n) is 7.99. The van der Waals surface area contributed by atoms with E-state index in [1.807, 2.05) is 20.8 Å². The van der Waals surface area contributed by atoms with Crippen LogP contribution < -0.4 is 21.4 Å². The molecule has 7 heteroatoms. The SMILES string of the molecule is CC(C)(C)OC(=O)C1=C(CCCCNC2NCCN2)CON1. The van der Waals surface area contributed by atoms with Gasteiger partial charge in [0.1, 0.15) is 17.6 Å². The summed E-state index contributed by atoms with van der Waals surface area (Å²) in [5.74, 6) is -0.336. The molecular weight excluding hydrogens is 284 g/mol. The molecule has 0 saturated carbocycles. The fourth-order valence-electron chi connectivity index (χ4n) is 2.41. The molecule has 2 aliphatic rings. The summed E-state index contributed by atoms with van der Waals surface area (Å²) in [6.45, 7) is 8.98. The van der Waals surface area contributed by atoms with Crippen LogP contribution in [0, 0.1) is 0 Å². The number of carbonyl (C=O) groups is 1. The van der Waals surface area contributed by atoms with Crippen molar-refractivity contribution in [1.29, 1.82) is 0 Å². The molecular formula is C15H28N4O3. The second kappa shape index (κ2) is 7.92. The molecule has 1 saturated heterocycles. The lowest BCUT2D eigenvalue weighted by atomic mass is 10.1. The zero-order valence-electron chi connectivity index (χ0n) is 13.8. The average Bonchev–Trinajstić information content (AvgIpc) is 3.06. The Morgan fingerprint density at radius 1 is 1.32 bits per heavy atom. The Labute approximate surface area is 132 Å². The predicted octanol–water partition coefficient (Wildman–Crippen LogP) is 0.353. The molecule has 0 aromatic rings. The predicted molar refractivity (Wildman–Crippen MR) is 83.6 cm³/mol. The number of hydrogen-bond acceptors (Lipinski definition) is 7. The molecule has 0 atom stereocenters. The van der Waals surface area contributed by atoms with E-state index in [9.17, 15) is 4.79 Å². The van der Waals surface area contributed by atoms with Crippen molar-refractivity contribution in [1.82, 2.24) is 21.4 Å². The number of carbonyl (C=O) groups excluding carboxylic acids is 1. The third-order valence-electron chi connectivity index (χ3n) is 3.45. The molecule has 4 N–H and O–H groups in total. The summed E-state index contributed by atoms with van der Waals surface area (Å²) in [5.41, 5.74) is 3.65. The van der Waals surface area contributed by atoms with Gasteiger partial charge in [-0.1, -0.05) is 0 Å². The number of ether oxygens (including phenoxy) is 1. The first-order chi connectivity index (χ1) is 10.5. The van der Waals surface area contributed by atoms with Gasteiger partial charge < -0.3 is 4.74 Å². The molecule has 2 heterocycles. The fourth-order valence-corrected chi connectivity index (χ4v) is 2.41. The number of hydroxylamine groups is 1. The van der Waals surface area contributed by atoms with Gasteiger partial charge in [-0.05, 0) is 52.2 Å². The number of rotatable bonds is 7. The normalized spacial score (nSPS) is 19.6. The van der Waals surface area contributed by atoms with Gasteiger partial charge in [0.05, 0.1) is 6.61 Å². The van der Waals surface area contributed by atoms with Crippen LogP contribution in [0.4, 0.5) is 0 Å². The van der Waals surface area contributed by atoms with E-state index in [2.05, 4.69) is 21.4 Å². The van der Waals surface area contributed by atoms with Crippen molar-refractivity contribution in [2.45, 2.75) is 51.9 Å². The number of esters is 1. The highest BCUT2D eigenvalue weighted by Crippen LogP contribution is 2.19. The first-order valence-corrected chi connectivity index (χ1v) is 7.99. The van der Waals surface area contributed by atoms with Crippen LogP contribution in [0.25, 0.3) is 0 Å². The third-order valence-corrected chi connectivity index (χ3v) is 3.45. The second-order valence-corrected chi connectivity index (χ2v) is 6.62. The van der Waals surface area contributed by atoms with Gasteiger partial charge in [0.25, 0.3) is 0 Å². The quantitative estimate of drug-likeness (QED) is 0.399. The molecule has 1 fully saturated rings. The molecule has 0 aliphatic carbocycles. The highest BCUT2D eigenvalue weighted by Gasteiger charge is 2.26. The van der Waals surface area contributed by atoms with Gasteiger partial charge in [-0.2, -0.15) is 0 Å². The molecule has 0 aromatic heterocycles. The summed E-state index contributed by atoms with van der Waals surface area (Å²) < 4.78 is 5.38. The van der Waals surface area contributed by atoms with E-state index >= 15 is 0 Å². The Morgan fingerprint density at radius 2 is 2.05 bits per heavy atom. The zero-order valence-corrected chi connectivity index (χ0v) is 13.8. The minimum absolute atomic E-state index is 0.230. The summed E-state index contributed by atoms with van der Waals surface area (Å²) in [7, 11) is 0. The van der Waals surface area contributed by atoms with Crippen LogP contribution in [0.5, 0.6) is 0 Å². The Bertz CT molecular complexity index is 412. The Balaban J connectivity index is 1.70. The van der Waals surface area contributed by atoms with Gasteiger partial charge in [-0.15, -0.1) is 0 Å². The lowest BCUT2D eigenvalue weighted by Gasteiger charge is -2.20. The van der Waals surface area contributed by atoms with Crippen molar-refractivity contribution in [3.63, 3.8) is 0 Å². The Hall–Kier alpha value is -1.15. The molecule has 0 bridgehead atoms. The molecule has 0 spiro atoms. The van der Waals surface area contributed by atoms with E-state index in [1.54, 1.807) is 0 Å². The first kappa shape index (κ1) is 17.2. The van der Waals surface area contributed by atoms with Crippen LogP contribution in [0.3, 0.4) is 0 Å². The number of hydrogen-bond donors (Lipinski definition) is 4. The van der Waals surface area contributed by atoms with Gasteiger partial charge in [0, 0.05) is 13.1 Å². The number of unbranched alkanes of at least 4 members (excludes halogenated alkanes) is 1. The van der Waals surface area contributed by atoms with Gasteiger partial charge in [0.2, 0.25) is 0 Å². The Morgan fingerprint density at radius 3 is 2.73 bits per heavy atom. The summed E-state index contributed by atoms with van der Waals surface area (Å²) in [4.78, 5) is 17.3. The highest BCUT2D eigenvalue weighted by atomic mass is 16.7. The minimum Gasteiger partial charge on any atom is -0.455 e. The van der Waals surface area contributed by atoms with Crippen molar-refractivity contribution in [3.05, 3.63) is 11.3 Å². The van der Waals surface area contributed by atoms with Crippen LogP contribution in [-0.4, -0.2) is 44.1 Å². The largest absolute Gasteiger partial charge is 0.455 e. The lowest BCUT2D eigenvalue weighted by molar-refractivity contribution is -0.151. The molecule has 0 amide bonds. The summed E-state index contributed by atoms with van der Waals surface area (Å²) in [6, 6.07) is 0. The van der Waals surface area contributed by atoms with Crippen molar-refractivity contribution in [3.8, 4) is 0 Å². The maximum atomic E-state index is 12.1. The van der Waals surface area contributed by atoms with Crippen LogP contribution in [0.15, 0.2) is 11.3 Å². The second-order valence-electron chi connectivity index (χ2n) is 6.62. The smallest absolute Gasteiger partial charge is 0.357 e. The maximum Gasteiger partial charge on any atom is 0.357 e. The van der Waals surface area contributed by atoms with Gasteiger partial charge in [0.15, 0.2) is 0 Å². The summed E-state index contributed by atoms with van der Waals surface area (Å²) >= 11 is 0. The van der Waals surface area contributed by atoms with Crippen LogP contribution in [0.1, 0.15) is 40.0 Å². The van der Waals surface area contributed by atoms with Gasteiger partial charge in [-0.25, -0.2) is 4.79 Å². The van der Waals surface area contributed by atoms with E-state index in [0.717, 1.165) is 44.5 Å². The van der Waals surface area contributed by atoms with E-state index in [1.165, 1.54) is 0 Å². The molecule has 2 aliphatic heterocycles. The molecule has 0 radical (unpaired) electrons. The molecule has 2 rings (SSSR count). The van der Waals surface area contributed by atoms with Crippen LogP contribution >= 0.6 is 0 Å². The Kier molecular flexibility index (Phi) is 6.19. The van der Waals surface area contributed by atoms with Gasteiger partial charge >= 0.3 is 5.97 Å². The monoisotopic (exact) mass is 312 g/mol. The van der Waals surface area contributed by atoms with E-state index in [-0.39, 0.29) is 12.3 Å². The third kappa shape index (κ3) is 5.57. The molecule has 0 unspecified atom stereocenters. The lowest BCUT2D eigenvalue weighted by Crippen LogP contribution is -2.45. The van der Waals surface area contributed by atoms with E-state index in [0.29, 0.717) is 12.3 Å². The van der Waals surface area contributed by atoms with Crippen molar-refractivity contribution < 1.29 is 14.4 Å². The summed E-state index contributed by atoms with van der Waals surface area (Å²) in [6.07, 6.45) is 3.12. The highest BCUT2D eigenvalue weighted by molar-refractivity contribution is 5.89. The van der Waals surface area contributed by atoms with Gasteiger partial charge in [-0.3, -0.25) is 26.3 Å². The van der Waals surface area contributed by atoms with Crippen LogP contribution in [0.2, 0.25) is 0 Å². The molecule has 7 nitrogen and oxygen atoms in total. The summed E-state index contributed by atoms with van der Waals surface area (Å²) in [5, 5.41) is 10.0. The standard InChI is InChI=1S/C15H28N4O3/c1-15(2,3)22-13(20)12-11(10-21-19-12)6-4-5-7-16-14-17-8-9-18-14/h14,16-19H,4-10H2,1-3H3. The molecule has 0 aromatic carbocycles. The number of nitrogens with one attached hydrogen (secondary N) is 4. The molecule has 22 heavy (non-hydrogen) atoms. The topological polar surface area (TPSA) is 83.7 Å². The average molecular weight is 312 g/mol. The fraction of sp³-hybridized carbons (Fsp3) is 0.800. The van der Waals surface area contributed by atoms with Crippen molar-refractivity contribution in [2.24, 2.45) is 0 Å². The maximum absolute atomic E-state index is 12.1. The van der Waals surface area contributed by atoms with Crippen molar-refractivity contribution >= 4 is 5.97 Å². The van der Waals surface area contributed by atoms with Crippen LogP contribution in [-0.2, 0) is 14.4 Å². The van der Waals surface area contributed by atoms with E-state index < -0.39 is 5.60 Å². The van der Waals surface area contributed by atoms with E-state index in [4.69, 9.17) is 9.57 Å². The minimum atomic E-state index is -0.495.